The third-order valence-corrected chi connectivity index (χ3v) is 6.52. The molecule has 3 heterocycles. The lowest BCUT2D eigenvalue weighted by atomic mass is 10.0. The Kier molecular flexibility index (Phi) is 6.84. The van der Waals surface area contributed by atoms with Gasteiger partial charge in [0.1, 0.15) is 5.69 Å². The van der Waals surface area contributed by atoms with E-state index in [0.717, 1.165) is 59.4 Å². The largest absolute Gasteiger partial charge is 0.333 e. The summed E-state index contributed by atoms with van der Waals surface area (Å²) in [4.78, 5) is 18.1. The van der Waals surface area contributed by atoms with Crippen molar-refractivity contribution in [2.75, 3.05) is 0 Å². The van der Waals surface area contributed by atoms with Crippen molar-refractivity contribution in [2.45, 2.75) is 46.1 Å². The molecule has 0 fully saturated rings. The van der Waals surface area contributed by atoms with E-state index < -0.39 is 0 Å². The van der Waals surface area contributed by atoms with E-state index in [1.165, 1.54) is 0 Å². The molecule has 8 nitrogen and oxygen atoms in total. The van der Waals surface area contributed by atoms with Crippen molar-refractivity contribution in [1.29, 1.82) is 0 Å². The molecule has 0 aliphatic carbocycles. The van der Waals surface area contributed by atoms with Gasteiger partial charge < -0.3 is 0 Å². The van der Waals surface area contributed by atoms with Gasteiger partial charge in [0.15, 0.2) is 5.82 Å². The van der Waals surface area contributed by atoms with Crippen molar-refractivity contribution in [1.82, 2.24) is 34.7 Å². The van der Waals surface area contributed by atoms with E-state index in [1.807, 2.05) is 51.6 Å². The number of hydrogen-bond donors (Lipinski definition) is 1. The van der Waals surface area contributed by atoms with Crippen LogP contribution in [0.1, 0.15) is 43.1 Å². The summed E-state index contributed by atoms with van der Waals surface area (Å²) in [6.45, 7) is 4.77. The highest BCUT2D eigenvalue weighted by atomic mass is 16.1. The zero-order valence-corrected chi connectivity index (χ0v) is 20.6. The number of H-pyrrole nitrogens is 1. The van der Waals surface area contributed by atoms with Gasteiger partial charge in [-0.05, 0) is 59.5 Å². The Morgan fingerprint density at radius 2 is 1.75 bits per heavy atom. The maximum absolute atomic E-state index is 13.6. The lowest BCUT2D eigenvalue weighted by Crippen LogP contribution is -2.25. The predicted molar refractivity (Wildman–Crippen MR) is 140 cm³/mol. The van der Waals surface area contributed by atoms with Gasteiger partial charge in [-0.25, -0.2) is 9.89 Å². The fourth-order valence-corrected chi connectivity index (χ4v) is 4.67. The average Bonchev–Trinajstić information content (AvgIpc) is 3.53. The fraction of sp³-hybridized carbons (Fsp3) is 0.250. The van der Waals surface area contributed by atoms with Crippen molar-refractivity contribution in [3.63, 3.8) is 0 Å². The maximum atomic E-state index is 13.6. The molecule has 182 valence electrons. The number of rotatable bonds is 9. The van der Waals surface area contributed by atoms with E-state index in [-0.39, 0.29) is 5.69 Å². The number of para-hydroxylation sites is 1. The Labute approximate surface area is 209 Å². The number of nitrogens with zero attached hydrogens (tertiary/aromatic N) is 6. The highest BCUT2D eigenvalue weighted by molar-refractivity contribution is 5.77. The third-order valence-electron chi connectivity index (χ3n) is 6.52. The van der Waals surface area contributed by atoms with E-state index in [2.05, 4.69) is 63.7 Å². The van der Waals surface area contributed by atoms with E-state index in [0.29, 0.717) is 18.1 Å². The van der Waals surface area contributed by atoms with Gasteiger partial charge >= 0.3 is 5.69 Å². The van der Waals surface area contributed by atoms with Crippen molar-refractivity contribution in [3.8, 4) is 28.3 Å². The smallest absolute Gasteiger partial charge is 0.291 e. The van der Waals surface area contributed by atoms with Crippen LogP contribution in [0.4, 0.5) is 0 Å². The molecule has 0 aliphatic rings. The van der Waals surface area contributed by atoms with Crippen molar-refractivity contribution >= 4 is 0 Å². The van der Waals surface area contributed by atoms with Crippen molar-refractivity contribution < 1.29 is 0 Å². The second-order valence-electron chi connectivity index (χ2n) is 8.88. The molecule has 3 aromatic heterocycles. The van der Waals surface area contributed by atoms with Gasteiger partial charge in [0.25, 0.3) is 0 Å². The van der Waals surface area contributed by atoms with Gasteiger partial charge in [0.05, 0.1) is 12.2 Å². The number of aromatic amines is 1. The first-order chi connectivity index (χ1) is 17.7. The topological polar surface area (TPSA) is 94.3 Å². The fourth-order valence-electron chi connectivity index (χ4n) is 4.67. The second kappa shape index (κ2) is 10.5. The lowest BCUT2D eigenvalue weighted by Gasteiger charge is -2.10. The molecule has 0 radical (unpaired) electrons. The van der Waals surface area contributed by atoms with Crippen LogP contribution in [0, 0.1) is 6.92 Å². The monoisotopic (exact) mass is 479 g/mol. The molecule has 8 heteroatoms. The van der Waals surface area contributed by atoms with Crippen LogP contribution in [0.5, 0.6) is 0 Å². The summed E-state index contributed by atoms with van der Waals surface area (Å²) in [5, 5.41) is 14.1. The summed E-state index contributed by atoms with van der Waals surface area (Å²) in [5.41, 5.74) is 6.72. The van der Waals surface area contributed by atoms with Crippen LogP contribution in [-0.2, 0) is 13.0 Å². The molecule has 0 saturated heterocycles. The summed E-state index contributed by atoms with van der Waals surface area (Å²) in [6.07, 6.45) is 5.96. The molecule has 1 N–H and O–H groups in total. The van der Waals surface area contributed by atoms with Gasteiger partial charge in [-0.15, -0.1) is 5.10 Å². The molecule has 0 amide bonds. The van der Waals surface area contributed by atoms with Crippen LogP contribution in [0.3, 0.4) is 0 Å². The molecule has 2 aromatic carbocycles. The Bertz CT molecular complexity index is 1480. The molecule has 5 aromatic rings. The lowest BCUT2D eigenvalue weighted by molar-refractivity contribution is 0.652. The van der Waals surface area contributed by atoms with Crippen LogP contribution in [0.15, 0.2) is 77.7 Å². The minimum absolute atomic E-state index is 0.00152. The van der Waals surface area contributed by atoms with Gasteiger partial charge in [0, 0.05) is 23.1 Å². The summed E-state index contributed by atoms with van der Waals surface area (Å²) in [6, 6.07) is 22.0. The Hall–Kier alpha value is -4.33. The molecule has 5 rings (SSSR count). The van der Waals surface area contributed by atoms with Gasteiger partial charge in [-0.3, -0.25) is 14.1 Å². The minimum atomic E-state index is 0.00152. The molecule has 0 unspecified atom stereocenters. The summed E-state index contributed by atoms with van der Waals surface area (Å²) < 4.78 is 3.77. The van der Waals surface area contributed by atoms with E-state index >= 15 is 0 Å². The number of hydrogen-bond acceptors (Lipinski definition) is 5. The number of nitrogens with one attached hydrogen (secondary N) is 1. The van der Waals surface area contributed by atoms with Crippen LogP contribution in [0.25, 0.3) is 28.3 Å². The number of imidazole rings is 1. The van der Waals surface area contributed by atoms with E-state index in [4.69, 9.17) is 0 Å². The first-order valence-corrected chi connectivity index (χ1v) is 12.3. The number of benzene rings is 2. The highest BCUT2D eigenvalue weighted by Gasteiger charge is 2.18. The van der Waals surface area contributed by atoms with E-state index in [9.17, 15) is 4.79 Å². The predicted octanol–water partition coefficient (Wildman–Crippen LogP) is 4.97. The Morgan fingerprint density at radius 1 is 0.944 bits per heavy atom. The summed E-state index contributed by atoms with van der Waals surface area (Å²) >= 11 is 0. The molecule has 0 saturated carbocycles. The van der Waals surface area contributed by atoms with E-state index in [1.54, 1.807) is 6.20 Å². The van der Waals surface area contributed by atoms with Crippen molar-refractivity contribution in [2.24, 2.45) is 0 Å². The first kappa shape index (κ1) is 23.4. The van der Waals surface area contributed by atoms with Crippen LogP contribution < -0.4 is 5.69 Å². The third kappa shape index (κ3) is 4.62. The minimum Gasteiger partial charge on any atom is -0.291 e. The van der Waals surface area contributed by atoms with Gasteiger partial charge in [-0.2, -0.15) is 0 Å². The molecule has 0 spiro atoms. The summed E-state index contributed by atoms with van der Waals surface area (Å²) in [7, 11) is 0. The SMILES string of the molecule is CCCCCc1c(C)n(-c2ccccc2)c(=O)n1Cc1ccc(-c2cccnc2-c2nnn[nH]2)cc1. The standard InChI is InChI=1S/C28H29N7O/c1-3-4-6-13-25-20(2)35(23-10-7-5-8-11-23)28(36)34(25)19-21-14-16-22(17-15-21)24-12-9-18-29-26(24)27-30-32-33-31-27/h5,7-12,14-18H,3-4,6,13,19H2,1-2H3,(H,30,31,32,33). The zero-order chi connectivity index (χ0) is 24.9. The molecular formula is C28H29N7O. The summed E-state index contributed by atoms with van der Waals surface area (Å²) in [5.74, 6) is 0.524. The van der Waals surface area contributed by atoms with Crippen LogP contribution in [0.2, 0.25) is 0 Å². The van der Waals surface area contributed by atoms with Crippen LogP contribution in [-0.4, -0.2) is 34.7 Å². The second-order valence-corrected chi connectivity index (χ2v) is 8.88. The molecule has 0 atom stereocenters. The number of pyridine rings is 1. The highest BCUT2D eigenvalue weighted by Crippen LogP contribution is 2.28. The average molecular weight is 480 g/mol. The Balaban J connectivity index is 1.48. The normalized spacial score (nSPS) is 11.2. The number of tetrazole rings is 1. The molecule has 36 heavy (non-hydrogen) atoms. The molecule has 0 aliphatic heterocycles. The maximum Gasteiger partial charge on any atom is 0.333 e. The number of aromatic nitrogens is 7. The first-order valence-electron chi connectivity index (χ1n) is 12.3. The number of unbranched alkanes of at least 4 members (excludes halogenated alkanes) is 2. The quantitative estimate of drug-likeness (QED) is 0.301. The van der Waals surface area contributed by atoms with Crippen LogP contribution >= 0.6 is 0 Å². The molecular weight excluding hydrogens is 450 g/mol. The van der Waals surface area contributed by atoms with Gasteiger partial charge in [-0.1, -0.05) is 68.3 Å². The van der Waals surface area contributed by atoms with Crippen molar-refractivity contribution in [3.05, 3.63) is 100 Å². The zero-order valence-electron chi connectivity index (χ0n) is 20.6. The Morgan fingerprint density at radius 3 is 2.47 bits per heavy atom. The molecule has 0 bridgehead atoms. The van der Waals surface area contributed by atoms with Gasteiger partial charge in [0.2, 0.25) is 0 Å².